The van der Waals surface area contributed by atoms with Crippen LogP contribution in [0.4, 0.5) is 5.69 Å². The van der Waals surface area contributed by atoms with Gasteiger partial charge in [0.05, 0.1) is 6.54 Å². The van der Waals surface area contributed by atoms with Crippen LogP contribution in [0.5, 0.6) is 0 Å². The van der Waals surface area contributed by atoms with Crippen molar-refractivity contribution in [2.24, 2.45) is 10.4 Å². The van der Waals surface area contributed by atoms with Crippen LogP contribution in [0, 0.1) is 5.41 Å². The summed E-state index contributed by atoms with van der Waals surface area (Å²) in [5.74, 6) is 0.837. The fraction of sp³-hybridized carbons (Fsp3) is 0.600. The summed E-state index contributed by atoms with van der Waals surface area (Å²) >= 11 is 6.11. The minimum absolute atomic E-state index is 0.0450. The van der Waals surface area contributed by atoms with E-state index in [2.05, 4.69) is 31.9 Å². The minimum Gasteiger partial charge on any atom is -0.369 e. The van der Waals surface area contributed by atoms with Crippen molar-refractivity contribution >= 4 is 29.2 Å². The van der Waals surface area contributed by atoms with Gasteiger partial charge >= 0.3 is 0 Å². The van der Waals surface area contributed by atoms with Crippen LogP contribution in [-0.4, -0.2) is 50.6 Å². The number of amides is 1. The lowest BCUT2D eigenvalue weighted by Gasteiger charge is -2.21. The van der Waals surface area contributed by atoms with E-state index in [1.807, 2.05) is 45.9 Å². The van der Waals surface area contributed by atoms with E-state index in [9.17, 15) is 4.79 Å². The molecule has 0 aromatic heterocycles. The van der Waals surface area contributed by atoms with Crippen LogP contribution < -0.4 is 20.9 Å². The van der Waals surface area contributed by atoms with Gasteiger partial charge in [0, 0.05) is 48.3 Å². The van der Waals surface area contributed by atoms with Gasteiger partial charge in [0.1, 0.15) is 0 Å². The molecule has 0 aliphatic carbocycles. The topological polar surface area (TPSA) is 68.8 Å². The Balaban J connectivity index is 1.84. The molecule has 6 nitrogen and oxygen atoms in total. The van der Waals surface area contributed by atoms with E-state index in [1.54, 1.807) is 0 Å². The maximum absolute atomic E-state index is 11.9. The average Bonchev–Trinajstić information content (AvgIpc) is 3.06. The number of carbonyl (C=O) groups is 1. The number of benzene rings is 1. The molecular weight excluding hydrogens is 362 g/mol. The Bertz CT molecular complexity index is 656. The number of aliphatic imine (C=N–C) groups is 1. The molecule has 1 saturated heterocycles. The normalized spacial score (nSPS) is 17.7. The molecule has 1 aliphatic rings. The Morgan fingerprint density at radius 3 is 2.78 bits per heavy atom. The fourth-order valence-corrected chi connectivity index (χ4v) is 3.09. The Morgan fingerprint density at radius 2 is 2.11 bits per heavy atom. The minimum atomic E-state index is -0.375. The first kappa shape index (κ1) is 21.4. The van der Waals surface area contributed by atoms with E-state index >= 15 is 0 Å². The molecule has 1 heterocycles. The molecule has 27 heavy (non-hydrogen) atoms. The molecule has 7 heteroatoms. The standard InChI is InChI=1S/C20H32ClN5O/c1-5-22-19(24-11-10-23-18(27)20(2,3)4)25-16-9-12-26(14-16)17-8-6-7-15(21)13-17/h6-8,13,16H,5,9-12,14H2,1-4H3,(H,23,27)(H2,22,24,25). The predicted octanol–water partition coefficient (Wildman–Crippen LogP) is 2.64. The highest BCUT2D eigenvalue weighted by molar-refractivity contribution is 6.30. The summed E-state index contributed by atoms with van der Waals surface area (Å²) in [5, 5.41) is 10.5. The third-order valence-corrected chi connectivity index (χ3v) is 4.63. The largest absolute Gasteiger partial charge is 0.369 e. The van der Waals surface area contributed by atoms with Crippen molar-refractivity contribution < 1.29 is 4.79 Å². The summed E-state index contributed by atoms with van der Waals surface area (Å²) in [7, 11) is 0. The van der Waals surface area contributed by atoms with Gasteiger partial charge in [-0.2, -0.15) is 0 Å². The second-order valence-corrected chi connectivity index (χ2v) is 8.26. The number of halogens is 1. The van der Waals surface area contributed by atoms with Crippen LogP contribution in [0.15, 0.2) is 29.3 Å². The molecule has 0 saturated carbocycles. The monoisotopic (exact) mass is 393 g/mol. The zero-order valence-corrected chi connectivity index (χ0v) is 17.6. The van der Waals surface area contributed by atoms with Gasteiger partial charge in [-0.05, 0) is 31.5 Å². The molecule has 1 amide bonds. The van der Waals surface area contributed by atoms with Gasteiger partial charge in [0.15, 0.2) is 5.96 Å². The number of nitrogens with one attached hydrogen (secondary N) is 3. The number of carbonyl (C=O) groups excluding carboxylic acids is 1. The third-order valence-electron chi connectivity index (χ3n) is 4.40. The molecule has 150 valence electrons. The van der Waals surface area contributed by atoms with Crippen molar-refractivity contribution in [3.8, 4) is 0 Å². The van der Waals surface area contributed by atoms with Crippen molar-refractivity contribution in [1.82, 2.24) is 16.0 Å². The fourth-order valence-electron chi connectivity index (χ4n) is 2.90. The Hall–Kier alpha value is -1.95. The predicted molar refractivity (Wildman–Crippen MR) is 114 cm³/mol. The highest BCUT2D eigenvalue weighted by Crippen LogP contribution is 2.23. The molecule has 1 fully saturated rings. The van der Waals surface area contributed by atoms with Crippen molar-refractivity contribution in [1.29, 1.82) is 0 Å². The molecular formula is C20H32ClN5O. The summed E-state index contributed by atoms with van der Waals surface area (Å²) in [4.78, 5) is 18.8. The van der Waals surface area contributed by atoms with Gasteiger partial charge in [0.25, 0.3) is 0 Å². The summed E-state index contributed by atoms with van der Waals surface area (Å²) < 4.78 is 0. The molecule has 1 atom stereocenters. The van der Waals surface area contributed by atoms with Crippen LogP contribution in [0.2, 0.25) is 5.02 Å². The number of anilines is 1. The number of hydrogen-bond donors (Lipinski definition) is 3. The van der Waals surface area contributed by atoms with Crippen LogP contribution in [0.1, 0.15) is 34.1 Å². The maximum atomic E-state index is 11.9. The Morgan fingerprint density at radius 1 is 1.33 bits per heavy atom. The number of rotatable bonds is 6. The number of guanidine groups is 1. The van der Waals surface area contributed by atoms with E-state index in [4.69, 9.17) is 11.6 Å². The lowest BCUT2D eigenvalue weighted by atomic mass is 9.96. The van der Waals surface area contributed by atoms with Crippen LogP contribution in [-0.2, 0) is 4.79 Å². The summed E-state index contributed by atoms with van der Waals surface area (Å²) in [6.45, 7) is 11.5. The van der Waals surface area contributed by atoms with Crippen LogP contribution in [0.25, 0.3) is 0 Å². The van der Waals surface area contributed by atoms with E-state index in [0.717, 1.165) is 42.7 Å². The first-order chi connectivity index (χ1) is 12.8. The second-order valence-electron chi connectivity index (χ2n) is 7.82. The molecule has 2 rings (SSSR count). The van der Waals surface area contributed by atoms with Gasteiger partial charge in [-0.1, -0.05) is 38.4 Å². The van der Waals surface area contributed by atoms with E-state index in [-0.39, 0.29) is 11.3 Å². The van der Waals surface area contributed by atoms with Crippen molar-refractivity contribution in [3.63, 3.8) is 0 Å². The number of nitrogens with zero attached hydrogens (tertiary/aromatic N) is 2. The molecule has 0 spiro atoms. The van der Waals surface area contributed by atoms with Gasteiger partial charge in [-0.15, -0.1) is 0 Å². The molecule has 0 radical (unpaired) electrons. The van der Waals surface area contributed by atoms with E-state index in [0.29, 0.717) is 19.1 Å². The summed E-state index contributed by atoms with van der Waals surface area (Å²) in [6.07, 6.45) is 1.04. The smallest absolute Gasteiger partial charge is 0.225 e. The SMILES string of the molecule is CCNC(=NCCNC(=O)C(C)(C)C)NC1CCN(c2cccc(Cl)c2)C1. The molecule has 1 aromatic rings. The van der Waals surface area contributed by atoms with Crippen molar-refractivity contribution in [2.45, 2.75) is 40.2 Å². The number of hydrogen-bond acceptors (Lipinski definition) is 3. The van der Waals surface area contributed by atoms with Crippen molar-refractivity contribution in [3.05, 3.63) is 29.3 Å². The average molecular weight is 394 g/mol. The highest BCUT2D eigenvalue weighted by Gasteiger charge is 2.24. The lowest BCUT2D eigenvalue weighted by molar-refractivity contribution is -0.128. The molecule has 1 aromatic carbocycles. The zero-order valence-electron chi connectivity index (χ0n) is 16.8. The van der Waals surface area contributed by atoms with Crippen LogP contribution >= 0.6 is 11.6 Å². The van der Waals surface area contributed by atoms with Gasteiger partial charge in [-0.25, -0.2) is 0 Å². The Labute approximate surface area is 167 Å². The molecule has 1 unspecified atom stereocenters. The van der Waals surface area contributed by atoms with Crippen molar-refractivity contribution in [2.75, 3.05) is 37.6 Å². The quantitative estimate of drug-likeness (QED) is 0.395. The molecule has 1 aliphatic heterocycles. The first-order valence-electron chi connectivity index (χ1n) is 9.63. The van der Waals surface area contributed by atoms with Gasteiger partial charge < -0.3 is 20.9 Å². The Kier molecular flexibility index (Phi) is 7.78. The van der Waals surface area contributed by atoms with E-state index < -0.39 is 0 Å². The molecule has 3 N–H and O–H groups in total. The first-order valence-corrected chi connectivity index (χ1v) is 10.0. The second kappa shape index (κ2) is 9.83. The third kappa shape index (κ3) is 6.94. The van der Waals surface area contributed by atoms with Crippen LogP contribution in [0.3, 0.4) is 0 Å². The lowest BCUT2D eigenvalue weighted by Crippen LogP contribution is -2.45. The summed E-state index contributed by atoms with van der Waals surface area (Å²) in [6, 6.07) is 8.29. The molecule has 0 bridgehead atoms. The highest BCUT2D eigenvalue weighted by atomic mass is 35.5. The van der Waals surface area contributed by atoms with E-state index in [1.165, 1.54) is 0 Å². The van der Waals surface area contributed by atoms with Gasteiger partial charge in [0.2, 0.25) is 5.91 Å². The zero-order chi connectivity index (χ0) is 19.9. The summed E-state index contributed by atoms with van der Waals surface area (Å²) in [5.41, 5.74) is 0.777. The maximum Gasteiger partial charge on any atom is 0.225 e. The van der Waals surface area contributed by atoms with Gasteiger partial charge in [-0.3, -0.25) is 9.79 Å².